The molecule has 0 aromatic heterocycles. The van der Waals surface area contributed by atoms with Gasteiger partial charge in [-0.3, -0.25) is 4.90 Å². The predicted octanol–water partition coefficient (Wildman–Crippen LogP) is 1.76. The molecule has 3 rings (SSSR count). The first-order chi connectivity index (χ1) is 11.7. The fourth-order valence-electron chi connectivity index (χ4n) is 3.19. The number of hydrogen-bond acceptors (Lipinski definition) is 5. The van der Waals surface area contributed by atoms with Crippen LogP contribution in [-0.2, 0) is 14.2 Å². The molecule has 0 saturated carbocycles. The first kappa shape index (κ1) is 17.8. The predicted molar refractivity (Wildman–Crippen MR) is 87.3 cm³/mol. The molecule has 1 aromatic carbocycles. The minimum absolute atomic E-state index is 0.0806. The smallest absolute Gasteiger partial charge is 0.123 e. The fraction of sp³-hybridized carbons (Fsp3) is 0.667. The van der Waals surface area contributed by atoms with E-state index in [0.717, 1.165) is 38.2 Å². The van der Waals surface area contributed by atoms with Crippen molar-refractivity contribution in [1.82, 2.24) is 4.90 Å². The zero-order valence-electron chi connectivity index (χ0n) is 13.9. The maximum Gasteiger partial charge on any atom is 0.123 e. The van der Waals surface area contributed by atoms with Gasteiger partial charge in [0.15, 0.2) is 0 Å². The average Bonchev–Trinajstić information content (AvgIpc) is 2.62. The number of rotatable bonds is 6. The van der Waals surface area contributed by atoms with Crippen molar-refractivity contribution >= 4 is 0 Å². The Hall–Kier alpha value is -1.05. The highest BCUT2D eigenvalue weighted by Gasteiger charge is 2.24. The molecule has 0 bridgehead atoms. The molecule has 6 heteroatoms. The number of benzene rings is 1. The Balaban J connectivity index is 1.43. The summed E-state index contributed by atoms with van der Waals surface area (Å²) < 4.78 is 29.9. The van der Waals surface area contributed by atoms with Crippen molar-refractivity contribution in [2.45, 2.75) is 31.2 Å². The Morgan fingerprint density at radius 2 is 1.96 bits per heavy atom. The van der Waals surface area contributed by atoms with Crippen LogP contribution in [0.3, 0.4) is 0 Å². The van der Waals surface area contributed by atoms with Crippen LogP contribution in [0.4, 0.5) is 4.39 Å². The molecule has 0 aliphatic carbocycles. The average molecular weight is 339 g/mol. The van der Waals surface area contributed by atoms with Gasteiger partial charge >= 0.3 is 0 Å². The van der Waals surface area contributed by atoms with Gasteiger partial charge in [0.1, 0.15) is 5.82 Å². The van der Waals surface area contributed by atoms with Gasteiger partial charge in [-0.2, -0.15) is 0 Å². The second-order valence-electron chi connectivity index (χ2n) is 6.47. The maximum absolute atomic E-state index is 13.0. The topological polar surface area (TPSA) is 51.2 Å². The van der Waals surface area contributed by atoms with Crippen molar-refractivity contribution in [3.63, 3.8) is 0 Å². The van der Waals surface area contributed by atoms with Crippen LogP contribution in [0.1, 0.15) is 24.5 Å². The van der Waals surface area contributed by atoms with Gasteiger partial charge in [-0.25, -0.2) is 4.39 Å². The summed E-state index contributed by atoms with van der Waals surface area (Å²) in [4.78, 5) is 2.18. The van der Waals surface area contributed by atoms with Crippen molar-refractivity contribution in [1.29, 1.82) is 0 Å². The molecule has 5 nitrogen and oxygen atoms in total. The lowest BCUT2D eigenvalue weighted by molar-refractivity contribution is -0.0781. The van der Waals surface area contributed by atoms with E-state index in [4.69, 9.17) is 14.2 Å². The monoisotopic (exact) mass is 339 g/mol. The van der Waals surface area contributed by atoms with Crippen molar-refractivity contribution in [2.75, 3.05) is 46.1 Å². The summed E-state index contributed by atoms with van der Waals surface area (Å²) in [6.07, 6.45) is 1.40. The number of β-amino-alcohol motifs (C(OH)–C–C–N with tert-alkyl or cyclic N) is 1. The number of halogens is 1. The van der Waals surface area contributed by atoms with Crippen LogP contribution in [0.15, 0.2) is 24.3 Å². The highest BCUT2D eigenvalue weighted by molar-refractivity contribution is 5.19. The maximum atomic E-state index is 13.0. The molecule has 0 amide bonds. The van der Waals surface area contributed by atoms with Crippen molar-refractivity contribution in [3.05, 3.63) is 35.6 Å². The van der Waals surface area contributed by atoms with Crippen LogP contribution in [0.25, 0.3) is 0 Å². The molecule has 0 unspecified atom stereocenters. The molecule has 1 aromatic rings. The number of nitrogens with zero attached hydrogens (tertiary/aromatic N) is 1. The van der Waals surface area contributed by atoms with E-state index in [1.165, 1.54) is 12.1 Å². The van der Waals surface area contributed by atoms with Gasteiger partial charge in [0, 0.05) is 32.8 Å². The van der Waals surface area contributed by atoms with Crippen LogP contribution >= 0.6 is 0 Å². The number of aliphatic hydroxyl groups is 1. The van der Waals surface area contributed by atoms with Crippen LogP contribution in [0.5, 0.6) is 0 Å². The second kappa shape index (κ2) is 8.87. The lowest BCUT2D eigenvalue weighted by Crippen LogP contribution is -2.43. The number of morpholine rings is 1. The number of aliphatic hydroxyl groups excluding tert-OH is 1. The van der Waals surface area contributed by atoms with Gasteiger partial charge < -0.3 is 19.3 Å². The molecule has 2 saturated heterocycles. The largest absolute Gasteiger partial charge is 0.389 e. The Bertz CT molecular complexity index is 492. The van der Waals surface area contributed by atoms with Crippen LogP contribution in [0.2, 0.25) is 0 Å². The van der Waals surface area contributed by atoms with Crippen LogP contribution in [-0.4, -0.2) is 68.3 Å². The lowest BCUT2D eigenvalue weighted by atomic mass is 10.1. The molecule has 2 aliphatic heterocycles. The zero-order valence-corrected chi connectivity index (χ0v) is 13.9. The molecule has 134 valence electrons. The Morgan fingerprint density at radius 1 is 1.21 bits per heavy atom. The minimum Gasteiger partial charge on any atom is -0.389 e. The molecule has 2 fully saturated rings. The van der Waals surface area contributed by atoms with Gasteiger partial charge in [-0.05, 0) is 30.5 Å². The first-order valence-corrected chi connectivity index (χ1v) is 8.67. The minimum atomic E-state index is -0.514. The summed E-state index contributed by atoms with van der Waals surface area (Å²) in [5, 5.41) is 10.2. The highest BCUT2D eigenvalue weighted by atomic mass is 19.1. The van der Waals surface area contributed by atoms with E-state index in [2.05, 4.69) is 4.90 Å². The van der Waals surface area contributed by atoms with Crippen LogP contribution in [0, 0.1) is 5.82 Å². The molecule has 2 heterocycles. The normalized spacial score (nSPS) is 24.8. The van der Waals surface area contributed by atoms with Crippen LogP contribution < -0.4 is 0 Å². The van der Waals surface area contributed by atoms with Gasteiger partial charge in [-0.1, -0.05) is 12.1 Å². The van der Waals surface area contributed by atoms with E-state index in [9.17, 15) is 9.50 Å². The van der Waals surface area contributed by atoms with Gasteiger partial charge in [0.2, 0.25) is 0 Å². The third-order valence-electron chi connectivity index (χ3n) is 4.55. The van der Waals surface area contributed by atoms with E-state index >= 15 is 0 Å². The summed E-state index contributed by atoms with van der Waals surface area (Å²) in [6, 6.07) is 6.42. The van der Waals surface area contributed by atoms with E-state index in [-0.39, 0.29) is 18.0 Å². The standard InChI is InChI=1S/C18H26FNO4/c19-15-3-1-14(2-4-15)18-12-20(7-10-23-18)11-16(21)13-24-17-5-8-22-9-6-17/h1-4,16-18,21H,5-13H2/t16-,18-/m0/s1. The Morgan fingerprint density at radius 3 is 2.71 bits per heavy atom. The summed E-state index contributed by atoms with van der Waals surface area (Å²) in [7, 11) is 0. The molecule has 1 N–H and O–H groups in total. The summed E-state index contributed by atoms with van der Waals surface area (Å²) in [5.74, 6) is -0.243. The summed E-state index contributed by atoms with van der Waals surface area (Å²) >= 11 is 0. The van der Waals surface area contributed by atoms with E-state index in [1.807, 2.05) is 0 Å². The third kappa shape index (κ3) is 5.22. The fourth-order valence-corrected chi connectivity index (χ4v) is 3.19. The quantitative estimate of drug-likeness (QED) is 0.856. The Labute approximate surface area is 142 Å². The SMILES string of the molecule is O[C@H](COC1CCOCC1)CN1CCO[C@H](c2ccc(F)cc2)C1. The highest BCUT2D eigenvalue weighted by Crippen LogP contribution is 2.22. The van der Waals surface area contributed by atoms with Gasteiger partial charge in [-0.15, -0.1) is 0 Å². The molecule has 0 radical (unpaired) electrons. The number of hydrogen-bond donors (Lipinski definition) is 1. The van der Waals surface area contributed by atoms with E-state index in [0.29, 0.717) is 26.3 Å². The molecule has 2 aliphatic rings. The molecular weight excluding hydrogens is 313 g/mol. The summed E-state index contributed by atoms with van der Waals surface area (Å²) in [6.45, 7) is 4.47. The Kier molecular flexibility index (Phi) is 6.57. The molecule has 24 heavy (non-hydrogen) atoms. The number of ether oxygens (including phenoxy) is 3. The van der Waals surface area contributed by atoms with E-state index < -0.39 is 6.10 Å². The first-order valence-electron chi connectivity index (χ1n) is 8.67. The molecule has 0 spiro atoms. The van der Waals surface area contributed by atoms with Gasteiger partial charge in [0.25, 0.3) is 0 Å². The van der Waals surface area contributed by atoms with E-state index in [1.54, 1.807) is 12.1 Å². The molecule has 2 atom stereocenters. The van der Waals surface area contributed by atoms with Crippen molar-refractivity contribution in [3.8, 4) is 0 Å². The molecular formula is C18H26FNO4. The lowest BCUT2D eigenvalue weighted by Gasteiger charge is -2.34. The second-order valence-corrected chi connectivity index (χ2v) is 6.47. The van der Waals surface area contributed by atoms with Crippen molar-refractivity contribution in [2.24, 2.45) is 0 Å². The summed E-state index contributed by atoms with van der Waals surface area (Å²) in [5.41, 5.74) is 0.967. The van der Waals surface area contributed by atoms with Gasteiger partial charge in [0.05, 0.1) is 31.5 Å². The van der Waals surface area contributed by atoms with Crippen molar-refractivity contribution < 1.29 is 23.7 Å². The third-order valence-corrected chi connectivity index (χ3v) is 4.55. The zero-order chi connectivity index (χ0) is 16.8.